The summed E-state index contributed by atoms with van der Waals surface area (Å²) in [6.07, 6.45) is 5.36. The minimum Gasteiger partial charge on any atom is -0.359 e. The summed E-state index contributed by atoms with van der Waals surface area (Å²) in [6, 6.07) is 5.32. The van der Waals surface area contributed by atoms with E-state index in [1.165, 1.54) is 25.3 Å². The van der Waals surface area contributed by atoms with Crippen molar-refractivity contribution in [1.82, 2.24) is 5.32 Å². The molecule has 7 heteroatoms. The Hall–Kier alpha value is -1.60. The normalized spacial score (nSPS) is 26.4. The molecule has 25 heavy (non-hydrogen) atoms. The Labute approximate surface area is 149 Å². The van der Waals surface area contributed by atoms with Gasteiger partial charge in [0.15, 0.2) is 0 Å². The van der Waals surface area contributed by atoms with Crippen LogP contribution in [0, 0.1) is 5.92 Å². The van der Waals surface area contributed by atoms with Crippen LogP contribution < -0.4 is 15.4 Å². The lowest BCUT2D eigenvalue weighted by molar-refractivity contribution is -0.121. The molecule has 1 fully saturated rings. The number of nitrogens with zero attached hydrogens (tertiary/aromatic N) is 1. The van der Waals surface area contributed by atoms with E-state index in [9.17, 15) is 13.2 Å². The fourth-order valence-electron chi connectivity index (χ4n) is 4.03. The van der Waals surface area contributed by atoms with Crippen LogP contribution in [-0.4, -0.2) is 33.0 Å². The van der Waals surface area contributed by atoms with E-state index in [1.807, 2.05) is 11.8 Å². The smallest absolute Gasteiger partial charge is 0.239 e. The van der Waals surface area contributed by atoms with E-state index < -0.39 is 10.0 Å². The number of rotatable bonds is 4. The summed E-state index contributed by atoms with van der Waals surface area (Å²) in [4.78, 5) is 14.7. The number of nitrogens with one attached hydrogen (secondary N) is 1. The summed E-state index contributed by atoms with van der Waals surface area (Å²) in [5, 5.41) is 8.40. The van der Waals surface area contributed by atoms with Crippen LogP contribution in [0.2, 0.25) is 0 Å². The van der Waals surface area contributed by atoms with Crippen LogP contribution in [0.15, 0.2) is 23.1 Å². The summed E-state index contributed by atoms with van der Waals surface area (Å²) in [5.41, 5.74) is 1.85. The molecule has 1 aliphatic carbocycles. The van der Waals surface area contributed by atoms with Gasteiger partial charge in [0.1, 0.15) is 0 Å². The maximum Gasteiger partial charge on any atom is 0.239 e. The van der Waals surface area contributed by atoms with E-state index >= 15 is 0 Å². The molecule has 1 aliphatic heterocycles. The predicted molar refractivity (Wildman–Crippen MR) is 97.9 cm³/mol. The van der Waals surface area contributed by atoms with Crippen molar-refractivity contribution in [2.75, 3.05) is 11.4 Å². The molecule has 3 rings (SSSR count). The lowest BCUT2D eigenvalue weighted by Gasteiger charge is -2.31. The molecule has 2 aliphatic rings. The van der Waals surface area contributed by atoms with E-state index in [2.05, 4.69) is 12.2 Å². The third-order valence-corrected chi connectivity index (χ3v) is 6.42. The molecular formula is C18H27N3O3S. The number of anilines is 1. The fraction of sp³-hybridized carbons (Fsp3) is 0.611. The van der Waals surface area contributed by atoms with Crippen molar-refractivity contribution in [3.63, 3.8) is 0 Å². The monoisotopic (exact) mass is 365 g/mol. The minimum absolute atomic E-state index is 0.0361. The zero-order chi connectivity index (χ0) is 18.2. The highest BCUT2D eigenvalue weighted by atomic mass is 32.2. The fourth-order valence-corrected chi connectivity index (χ4v) is 4.59. The molecule has 0 saturated heterocycles. The van der Waals surface area contributed by atoms with E-state index in [0.717, 1.165) is 17.7 Å². The number of hydrogen-bond donors (Lipinski definition) is 2. The molecule has 1 amide bonds. The van der Waals surface area contributed by atoms with Gasteiger partial charge in [0.25, 0.3) is 0 Å². The molecule has 3 atom stereocenters. The molecule has 6 nitrogen and oxygen atoms in total. The van der Waals surface area contributed by atoms with E-state index in [-0.39, 0.29) is 22.9 Å². The molecule has 138 valence electrons. The number of nitrogens with two attached hydrogens (primary N) is 1. The van der Waals surface area contributed by atoms with Crippen LogP contribution in [0.5, 0.6) is 0 Å². The SMILES string of the molecule is C[C@@H]1CCCC[C@H]1NC(=O)CN1c2ccc(S(N)(=O)=O)cc2C[C@@H]1C. The van der Waals surface area contributed by atoms with E-state index in [1.54, 1.807) is 12.1 Å². The summed E-state index contributed by atoms with van der Waals surface area (Å²) in [5.74, 6) is 0.562. The van der Waals surface area contributed by atoms with Gasteiger partial charge < -0.3 is 10.2 Å². The van der Waals surface area contributed by atoms with Crippen LogP contribution in [-0.2, 0) is 21.2 Å². The maximum absolute atomic E-state index is 12.5. The highest BCUT2D eigenvalue weighted by Gasteiger charge is 2.30. The Bertz CT molecular complexity index is 763. The molecule has 1 heterocycles. The minimum atomic E-state index is -3.71. The van der Waals surface area contributed by atoms with Crippen molar-refractivity contribution in [3.8, 4) is 0 Å². The van der Waals surface area contributed by atoms with Crippen LogP contribution in [0.25, 0.3) is 0 Å². The molecule has 1 aromatic carbocycles. The molecule has 0 aromatic heterocycles. The molecule has 3 N–H and O–H groups in total. The number of primary sulfonamides is 1. The predicted octanol–water partition coefficient (Wildman–Crippen LogP) is 1.78. The van der Waals surface area contributed by atoms with Gasteiger partial charge in [-0.05, 0) is 55.9 Å². The van der Waals surface area contributed by atoms with E-state index in [4.69, 9.17) is 5.14 Å². The summed E-state index contributed by atoms with van der Waals surface area (Å²) < 4.78 is 23.1. The third kappa shape index (κ3) is 3.98. The molecule has 0 spiro atoms. The topological polar surface area (TPSA) is 92.5 Å². The summed E-state index contributed by atoms with van der Waals surface area (Å²) in [6.45, 7) is 4.55. The first-order chi connectivity index (χ1) is 11.8. The van der Waals surface area contributed by atoms with Crippen LogP contribution in [0.1, 0.15) is 45.1 Å². The Kier molecular flexibility index (Phi) is 5.06. The van der Waals surface area contributed by atoms with Crippen LogP contribution in [0.4, 0.5) is 5.69 Å². The Morgan fingerprint density at radius 3 is 2.68 bits per heavy atom. The molecule has 0 radical (unpaired) electrons. The molecular weight excluding hydrogens is 338 g/mol. The van der Waals surface area contributed by atoms with Gasteiger partial charge >= 0.3 is 0 Å². The molecule has 0 unspecified atom stereocenters. The Balaban J connectivity index is 1.71. The van der Waals surface area contributed by atoms with Crippen molar-refractivity contribution >= 4 is 21.6 Å². The number of hydrogen-bond acceptors (Lipinski definition) is 4. The van der Waals surface area contributed by atoms with Crippen molar-refractivity contribution in [3.05, 3.63) is 23.8 Å². The van der Waals surface area contributed by atoms with Gasteiger partial charge in [0.05, 0.1) is 11.4 Å². The lowest BCUT2D eigenvalue weighted by atomic mass is 9.86. The first kappa shape index (κ1) is 18.2. The van der Waals surface area contributed by atoms with Crippen molar-refractivity contribution in [2.24, 2.45) is 11.1 Å². The Morgan fingerprint density at radius 2 is 2.00 bits per heavy atom. The second-order valence-corrected chi connectivity index (χ2v) is 9.01. The first-order valence-corrected chi connectivity index (χ1v) is 10.5. The van der Waals surface area contributed by atoms with Gasteiger partial charge in [-0.3, -0.25) is 4.79 Å². The Morgan fingerprint density at radius 1 is 1.28 bits per heavy atom. The second kappa shape index (κ2) is 6.96. The molecule has 1 saturated carbocycles. The number of amides is 1. The lowest BCUT2D eigenvalue weighted by Crippen LogP contribution is -2.46. The number of carbonyl (C=O) groups excluding carboxylic acids is 1. The maximum atomic E-state index is 12.5. The van der Waals surface area contributed by atoms with Crippen molar-refractivity contribution in [1.29, 1.82) is 0 Å². The van der Waals surface area contributed by atoms with Gasteiger partial charge in [-0.25, -0.2) is 13.6 Å². The number of sulfonamides is 1. The van der Waals surface area contributed by atoms with Gasteiger partial charge in [0.2, 0.25) is 15.9 Å². The number of benzene rings is 1. The summed E-state index contributed by atoms with van der Waals surface area (Å²) >= 11 is 0. The van der Waals surface area contributed by atoms with Gasteiger partial charge in [-0.2, -0.15) is 0 Å². The molecule has 0 bridgehead atoms. The standard InChI is InChI=1S/C18H27N3O3S/c1-12-5-3-4-6-16(12)20-18(22)11-21-13(2)9-14-10-15(25(19,23)24)7-8-17(14)21/h7-8,10,12-13,16H,3-6,9,11H2,1-2H3,(H,20,22)(H2,19,23,24)/t12-,13+,16-/m1/s1. The number of carbonyl (C=O) groups is 1. The highest BCUT2D eigenvalue weighted by Crippen LogP contribution is 2.33. The third-order valence-electron chi connectivity index (χ3n) is 5.51. The average molecular weight is 365 g/mol. The van der Waals surface area contributed by atoms with Gasteiger partial charge in [0, 0.05) is 17.8 Å². The quantitative estimate of drug-likeness (QED) is 0.851. The average Bonchev–Trinajstić information content (AvgIpc) is 2.84. The zero-order valence-electron chi connectivity index (χ0n) is 14.9. The zero-order valence-corrected chi connectivity index (χ0v) is 15.7. The van der Waals surface area contributed by atoms with Gasteiger partial charge in [-0.1, -0.05) is 19.8 Å². The molecule has 1 aromatic rings. The first-order valence-electron chi connectivity index (χ1n) is 8.97. The van der Waals surface area contributed by atoms with Crippen LogP contribution >= 0.6 is 0 Å². The van der Waals surface area contributed by atoms with Gasteiger partial charge in [-0.15, -0.1) is 0 Å². The van der Waals surface area contributed by atoms with E-state index in [0.29, 0.717) is 18.9 Å². The largest absolute Gasteiger partial charge is 0.359 e. The number of fused-ring (bicyclic) bond motifs is 1. The second-order valence-electron chi connectivity index (χ2n) is 7.45. The van der Waals surface area contributed by atoms with Crippen molar-refractivity contribution in [2.45, 2.75) is 62.9 Å². The highest BCUT2D eigenvalue weighted by molar-refractivity contribution is 7.89. The van der Waals surface area contributed by atoms with Crippen LogP contribution in [0.3, 0.4) is 0 Å². The van der Waals surface area contributed by atoms with Crippen molar-refractivity contribution < 1.29 is 13.2 Å². The summed E-state index contributed by atoms with van der Waals surface area (Å²) in [7, 11) is -3.71.